The highest BCUT2D eigenvalue weighted by Gasteiger charge is 2.36. The van der Waals surface area contributed by atoms with Crippen LogP contribution in [-0.4, -0.2) is 23.5 Å². The Bertz CT molecular complexity index is 1050. The molecule has 0 spiro atoms. The van der Waals surface area contributed by atoms with Crippen molar-refractivity contribution in [2.24, 2.45) is 23.2 Å². The molecular formula is C29H36N2O3. The standard InChI is InChI=1S/C29H36N2O3/c1-19-15-26(29(3,4)5)25(22-9-7-6-8-10-22)16-24(19)27(32)31-23-13-11-21(12-14-23)18-30-17-20(2)28(33)34/h6-14,16,20,24,26,30H,1,15,17-18H2,2-5H3,(H,31,32)(H,33,34). The van der Waals surface area contributed by atoms with Crippen LogP contribution >= 0.6 is 0 Å². The molecule has 1 aliphatic rings. The third-order valence-electron chi connectivity index (χ3n) is 6.49. The third kappa shape index (κ3) is 6.45. The first-order chi connectivity index (χ1) is 16.1. The summed E-state index contributed by atoms with van der Waals surface area (Å²) in [6.07, 6.45) is 2.87. The highest BCUT2D eigenvalue weighted by atomic mass is 16.4. The number of carbonyl (C=O) groups excluding carboxylic acids is 1. The van der Waals surface area contributed by atoms with E-state index in [2.05, 4.69) is 56.2 Å². The van der Waals surface area contributed by atoms with Crippen molar-refractivity contribution >= 4 is 23.1 Å². The van der Waals surface area contributed by atoms with Gasteiger partial charge in [-0.3, -0.25) is 9.59 Å². The Morgan fingerprint density at radius 3 is 2.32 bits per heavy atom. The van der Waals surface area contributed by atoms with Crippen molar-refractivity contribution in [1.29, 1.82) is 0 Å². The first-order valence-corrected chi connectivity index (χ1v) is 11.8. The minimum atomic E-state index is -0.812. The van der Waals surface area contributed by atoms with Gasteiger partial charge in [-0.15, -0.1) is 0 Å². The molecule has 0 aromatic heterocycles. The van der Waals surface area contributed by atoms with Gasteiger partial charge in [-0.1, -0.05) is 88.4 Å². The summed E-state index contributed by atoms with van der Waals surface area (Å²) in [6.45, 7) is 13.6. The Kier molecular flexibility index (Phi) is 8.11. The zero-order valence-electron chi connectivity index (χ0n) is 20.6. The van der Waals surface area contributed by atoms with Crippen molar-refractivity contribution in [2.75, 3.05) is 11.9 Å². The van der Waals surface area contributed by atoms with Crippen molar-refractivity contribution < 1.29 is 14.7 Å². The summed E-state index contributed by atoms with van der Waals surface area (Å²) in [5, 5.41) is 15.2. The lowest BCUT2D eigenvalue weighted by molar-refractivity contribution is -0.141. The highest BCUT2D eigenvalue weighted by molar-refractivity contribution is 5.97. The average molecular weight is 461 g/mol. The van der Waals surface area contributed by atoms with Gasteiger partial charge >= 0.3 is 5.97 Å². The average Bonchev–Trinajstić information content (AvgIpc) is 2.79. The van der Waals surface area contributed by atoms with Crippen LogP contribution in [0, 0.1) is 23.2 Å². The minimum Gasteiger partial charge on any atom is -0.481 e. The van der Waals surface area contributed by atoms with Crippen LogP contribution in [0.15, 0.2) is 72.8 Å². The molecule has 0 bridgehead atoms. The molecule has 3 rings (SSSR count). The largest absolute Gasteiger partial charge is 0.481 e. The fourth-order valence-corrected chi connectivity index (χ4v) is 4.32. The van der Waals surface area contributed by atoms with Gasteiger partial charge in [0.1, 0.15) is 0 Å². The molecule has 0 radical (unpaired) electrons. The van der Waals surface area contributed by atoms with E-state index in [1.807, 2.05) is 42.5 Å². The maximum Gasteiger partial charge on any atom is 0.307 e. The molecule has 0 fully saturated rings. The van der Waals surface area contributed by atoms with Gasteiger partial charge in [0.05, 0.1) is 11.8 Å². The maximum absolute atomic E-state index is 13.2. The Morgan fingerprint density at radius 2 is 1.74 bits per heavy atom. The predicted molar refractivity (Wildman–Crippen MR) is 138 cm³/mol. The zero-order chi connectivity index (χ0) is 24.9. The number of hydrogen-bond donors (Lipinski definition) is 3. The highest BCUT2D eigenvalue weighted by Crippen LogP contribution is 2.46. The molecule has 3 N–H and O–H groups in total. The molecule has 2 aromatic rings. The molecular weight excluding hydrogens is 424 g/mol. The quantitative estimate of drug-likeness (QED) is 0.438. The number of nitrogens with one attached hydrogen (secondary N) is 2. The van der Waals surface area contributed by atoms with Crippen LogP contribution in [0.3, 0.4) is 0 Å². The van der Waals surface area contributed by atoms with Crippen molar-refractivity contribution in [3.8, 4) is 0 Å². The summed E-state index contributed by atoms with van der Waals surface area (Å²) in [4.78, 5) is 24.1. The smallest absolute Gasteiger partial charge is 0.307 e. The zero-order valence-corrected chi connectivity index (χ0v) is 20.6. The SMILES string of the molecule is C=C1CC(C(C)(C)C)C(c2ccccc2)=CC1C(=O)Nc1ccc(CNCC(C)C(=O)O)cc1. The normalized spacial score (nSPS) is 19.3. The number of anilines is 1. The van der Waals surface area contributed by atoms with E-state index in [0.717, 1.165) is 28.8 Å². The lowest BCUT2D eigenvalue weighted by Crippen LogP contribution is -2.32. The molecule has 0 saturated heterocycles. The van der Waals surface area contributed by atoms with Gasteiger partial charge in [-0.25, -0.2) is 0 Å². The van der Waals surface area contributed by atoms with E-state index in [0.29, 0.717) is 19.0 Å². The van der Waals surface area contributed by atoms with Crippen LogP contribution in [0.2, 0.25) is 0 Å². The van der Waals surface area contributed by atoms with Crippen LogP contribution in [-0.2, 0) is 16.1 Å². The molecule has 5 nitrogen and oxygen atoms in total. The second-order valence-corrected chi connectivity index (χ2v) is 10.3. The summed E-state index contributed by atoms with van der Waals surface area (Å²) in [6, 6.07) is 17.9. The Morgan fingerprint density at radius 1 is 1.09 bits per heavy atom. The van der Waals surface area contributed by atoms with Gasteiger partial charge in [0.25, 0.3) is 0 Å². The molecule has 180 valence electrons. The molecule has 1 aliphatic carbocycles. The fraction of sp³-hybridized carbons (Fsp3) is 0.379. The third-order valence-corrected chi connectivity index (χ3v) is 6.49. The monoisotopic (exact) mass is 460 g/mol. The summed E-state index contributed by atoms with van der Waals surface area (Å²) >= 11 is 0. The van der Waals surface area contributed by atoms with Gasteiger partial charge in [0.2, 0.25) is 5.91 Å². The number of benzene rings is 2. The molecule has 0 heterocycles. The molecule has 5 heteroatoms. The predicted octanol–water partition coefficient (Wildman–Crippen LogP) is 5.76. The number of carboxylic acids is 1. The van der Waals surface area contributed by atoms with Crippen LogP contribution in [0.25, 0.3) is 5.57 Å². The second kappa shape index (κ2) is 10.8. The number of rotatable bonds is 8. The van der Waals surface area contributed by atoms with Crippen molar-refractivity contribution in [1.82, 2.24) is 5.32 Å². The molecule has 0 saturated carbocycles. The van der Waals surface area contributed by atoms with E-state index < -0.39 is 11.9 Å². The van der Waals surface area contributed by atoms with E-state index in [1.165, 1.54) is 5.57 Å². The lowest BCUT2D eigenvalue weighted by atomic mass is 9.66. The van der Waals surface area contributed by atoms with Gasteiger partial charge < -0.3 is 15.7 Å². The van der Waals surface area contributed by atoms with Crippen molar-refractivity contribution in [3.05, 3.63) is 84.0 Å². The first kappa shape index (κ1) is 25.4. The molecule has 3 unspecified atom stereocenters. The van der Waals surface area contributed by atoms with Crippen molar-refractivity contribution in [3.63, 3.8) is 0 Å². The second-order valence-electron chi connectivity index (χ2n) is 10.3. The summed E-state index contributed by atoms with van der Waals surface area (Å²) in [5.74, 6) is -1.41. The molecule has 0 aliphatic heterocycles. The minimum absolute atomic E-state index is 0.0538. The molecule has 1 amide bonds. The van der Waals surface area contributed by atoms with E-state index >= 15 is 0 Å². The summed E-state index contributed by atoms with van der Waals surface area (Å²) in [5.41, 5.74) is 5.10. The maximum atomic E-state index is 13.2. The topological polar surface area (TPSA) is 78.4 Å². The number of carbonyl (C=O) groups is 2. The first-order valence-electron chi connectivity index (χ1n) is 11.8. The van der Waals surface area contributed by atoms with E-state index in [-0.39, 0.29) is 17.2 Å². The van der Waals surface area contributed by atoms with Crippen LogP contribution in [0.5, 0.6) is 0 Å². The van der Waals surface area contributed by atoms with Gasteiger partial charge in [-0.05, 0) is 46.6 Å². The molecule has 2 aromatic carbocycles. The Labute approximate surface area is 203 Å². The number of allylic oxidation sites excluding steroid dienone is 1. The van der Waals surface area contributed by atoms with Gasteiger partial charge in [0, 0.05) is 18.8 Å². The lowest BCUT2D eigenvalue weighted by Gasteiger charge is -2.38. The van der Waals surface area contributed by atoms with E-state index in [1.54, 1.807) is 6.92 Å². The van der Waals surface area contributed by atoms with Crippen LogP contribution in [0.4, 0.5) is 5.69 Å². The van der Waals surface area contributed by atoms with E-state index in [4.69, 9.17) is 5.11 Å². The number of amides is 1. The molecule has 3 atom stereocenters. The van der Waals surface area contributed by atoms with Crippen molar-refractivity contribution in [2.45, 2.75) is 40.7 Å². The number of carboxylic acid groups (broad SMARTS) is 1. The van der Waals surface area contributed by atoms with Crippen LogP contribution < -0.4 is 10.6 Å². The Hall–Kier alpha value is -3.18. The number of aliphatic carboxylic acids is 1. The fourth-order valence-electron chi connectivity index (χ4n) is 4.32. The van der Waals surface area contributed by atoms with E-state index in [9.17, 15) is 9.59 Å². The van der Waals surface area contributed by atoms with Crippen LogP contribution in [0.1, 0.15) is 45.2 Å². The Balaban J connectivity index is 1.71. The summed E-state index contributed by atoms with van der Waals surface area (Å²) in [7, 11) is 0. The number of hydrogen-bond acceptors (Lipinski definition) is 3. The summed E-state index contributed by atoms with van der Waals surface area (Å²) < 4.78 is 0. The van der Waals surface area contributed by atoms with Gasteiger partial charge in [-0.2, -0.15) is 0 Å². The molecule has 34 heavy (non-hydrogen) atoms. The van der Waals surface area contributed by atoms with Gasteiger partial charge in [0.15, 0.2) is 0 Å².